The normalized spacial score (nSPS) is 14.9. The van der Waals surface area contributed by atoms with E-state index in [0.29, 0.717) is 5.56 Å². The summed E-state index contributed by atoms with van der Waals surface area (Å²) >= 11 is 0. The monoisotopic (exact) mass is 471 g/mol. The molecule has 0 saturated carbocycles. The van der Waals surface area contributed by atoms with Crippen LogP contribution in [0.5, 0.6) is 0 Å². The number of H-pyrrole nitrogens is 1. The van der Waals surface area contributed by atoms with Crippen molar-refractivity contribution < 1.29 is 30.7 Å². The highest BCUT2D eigenvalue weighted by Gasteiger charge is 2.35. The van der Waals surface area contributed by atoms with Crippen molar-refractivity contribution in [3.63, 3.8) is 0 Å². The van der Waals surface area contributed by atoms with E-state index in [1.54, 1.807) is 4.90 Å². The number of nitrogens with zero attached hydrogens (tertiary/aromatic N) is 2. The van der Waals surface area contributed by atoms with Gasteiger partial charge in [-0.2, -0.15) is 26.3 Å². The minimum Gasteiger partial charge on any atom is -0.306 e. The van der Waals surface area contributed by atoms with Gasteiger partial charge in [-0.05, 0) is 30.7 Å². The topological polar surface area (TPSA) is 49.0 Å². The fraction of sp³-hybridized carbons (Fsp3) is 0.273. The van der Waals surface area contributed by atoms with Gasteiger partial charge in [-0.1, -0.05) is 18.2 Å². The van der Waals surface area contributed by atoms with Crippen LogP contribution in [-0.4, -0.2) is 21.4 Å². The number of benzene rings is 2. The first-order valence-corrected chi connectivity index (χ1v) is 9.80. The first kappa shape index (κ1) is 23.0. The van der Waals surface area contributed by atoms with Crippen molar-refractivity contribution >= 4 is 0 Å². The van der Waals surface area contributed by atoms with Crippen LogP contribution in [0.3, 0.4) is 0 Å². The van der Waals surface area contributed by atoms with Crippen LogP contribution >= 0.6 is 0 Å². The molecular weight excluding hydrogens is 455 g/mol. The van der Waals surface area contributed by atoms with Crippen molar-refractivity contribution in [2.24, 2.45) is 0 Å². The van der Waals surface area contributed by atoms with E-state index >= 15 is 0 Å². The zero-order chi connectivity index (χ0) is 24.0. The number of hydrogen-bond donors (Lipinski definition) is 1. The Bertz CT molecular complexity index is 1230. The van der Waals surface area contributed by atoms with E-state index in [9.17, 15) is 35.5 Å². The number of aromatic amines is 1. The average molecular weight is 471 g/mol. The van der Waals surface area contributed by atoms with Gasteiger partial charge < -0.3 is 4.98 Å². The Morgan fingerprint density at radius 1 is 0.970 bits per heavy atom. The molecule has 174 valence electrons. The van der Waals surface area contributed by atoms with Gasteiger partial charge in [0, 0.05) is 36.3 Å². The third kappa shape index (κ3) is 4.77. The molecule has 0 unspecified atom stereocenters. The summed E-state index contributed by atoms with van der Waals surface area (Å²) in [6, 6.07) is 6.81. The summed E-state index contributed by atoms with van der Waals surface area (Å²) in [6.45, 7) is -0.146. The maximum absolute atomic E-state index is 14.2. The molecule has 33 heavy (non-hydrogen) atoms. The largest absolute Gasteiger partial charge is 0.416 e. The number of nitrogens with one attached hydrogen (secondary N) is 1. The first-order valence-electron chi connectivity index (χ1n) is 9.80. The van der Waals surface area contributed by atoms with Crippen LogP contribution in [-0.2, 0) is 31.9 Å². The molecular formula is C22H16F7N3O. The molecule has 0 radical (unpaired) electrons. The Hall–Kier alpha value is -3.21. The lowest BCUT2D eigenvalue weighted by molar-refractivity contribution is -0.139. The molecule has 0 atom stereocenters. The maximum atomic E-state index is 14.2. The summed E-state index contributed by atoms with van der Waals surface area (Å²) in [4.78, 5) is 20.9. The second kappa shape index (κ2) is 8.29. The quantitative estimate of drug-likeness (QED) is 0.537. The number of halogens is 7. The van der Waals surface area contributed by atoms with E-state index in [1.807, 2.05) is 0 Å². The molecule has 3 aromatic rings. The molecule has 1 aromatic heterocycles. The van der Waals surface area contributed by atoms with Gasteiger partial charge in [-0.25, -0.2) is 9.37 Å². The Balaban J connectivity index is 1.63. The zero-order valence-corrected chi connectivity index (χ0v) is 16.8. The van der Waals surface area contributed by atoms with Crippen molar-refractivity contribution in [3.05, 3.63) is 86.6 Å². The van der Waals surface area contributed by atoms with E-state index in [-0.39, 0.29) is 43.1 Å². The maximum Gasteiger partial charge on any atom is 0.416 e. The number of rotatable bonds is 3. The summed E-state index contributed by atoms with van der Waals surface area (Å²) in [5.41, 5.74) is -2.04. The molecule has 4 nitrogen and oxygen atoms in total. The summed E-state index contributed by atoms with van der Waals surface area (Å²) in [6.07, 6.45) is -9.06. The van der Waals surface area contributed by atoms with Crippen LogP contribution in [0, 0.1) is 5.82 Å². The van der Waals surface area contributed by atoms with Crippen molar-refractivity contribution in [2.75, 3.05) is 6.54 Å². The highest BCUT2D eigenvalue weighted by atomic mass is 19.4. The smallest absolute Gasteiger partial charge is 0.306 e. The molecule has 1 aliphatic heterocycles. The number of aromatic nitrogens is 2. The summed E-state index contributed by atoms with van der Waals surface area (Å²) in [7, 11) is 0. The number of hydrogen-bond acceptors (Lipinski definition) is 3. The van der Waals surface area contributed by atoms with Crippen LogP contribution in [0.25, 0.3) is 11.4 Å². The van der Waals surface area contributed by atoms with Crippen molar-refractivity contribution in [1.29, 1.82) is 0 Å². The summed E-state index contributed by atoms with van der Waals surface area (Å²) < 4.78 is 92.5. The van der Waals surface area contributed by atoms with E-state index in [4.69, 9.17) is 0 Å². The molecule has 1 aliphatic rings. The van der Waals surface area contributed by atoms with Crippen molar-refractivity contribution in [2.45, 2.75) is 31.9 Å². The van der Waals surface area contributed by atoms with Crippen LogP contribution in [0.4, 0.5) is 30.7 Å². The molecule has 2 heterocycles. The predicted octanol–water partition coefficient (Wildman–Crippen LogP) is 5.17. The molecule has 0 fully saturated rings. The average Bonchev–Trinajstić information content (AvgIpc) is 2.73. The molecule has 11 heteroatoms. The van der Waals surface area contributed by atoms with Crippen molar-refractivity contribution in [1.82, 2.24) is 14.9 Å². The van der Waals surface area contributed by atoms with Crippen molar-refractivity contribution in [3.8, 4) is 11.4 Å². The molecule has 2 aromatic carbocycles. The molecule has 4 rings (SSSR count). The Morgan fingerprint density at radius 2 is 1.67 bits per heavy atom. The Morgan fingerprint density at radius 3 is 2.30 bits per heavy atom. The van der Waals surface area contributed by atoms with E-state index in [2.05, 4.69) is 9.97 Å². The lowest BCUT2D eigenvalue weighted by atomic mass is 10.0. The first-order chi connectivity index (χ1) is 15.4. The van der Waals surface area contributed by atoms with Gasteiger partial charge in [-0.3, -0.25) is 9.69 Å². The number of alkyl halides is 6. The third-order valence-electron chi connectivity index (χ3n) is 5.44. The van der Waals surface area contributed by atoms with Crippen LogP contribution in [0.15, 0.2) is 47.3 Å². The highest BCUT2D eigenvalue weighted by Crippen LogP contribution is 2.34. The highest BCUT2D eigenvalue weighted by molar-refractivity contribution is 5.56. The molecule has 0 aliphatic carbocycles. The van der Waals surface area contributed by atoms with Gasteiger partial charge in [-0.15, -0.1) is 0 Å². The summed E-state index contributed by atoms with van der Waals surface area (Å²) in [5, 5.41) is 0. The minimum atomic E-state index is -4.73. The third-order valence-corrected chi connectivity index (χ3v) is 5.44. The number of fused-ring (bicyclic) bond motifs is 1. The van der Waals surface area contributed by atoms with Crippen LogP contribution < -0.4 is 5.56 Å². The molecule has 0 saturated heterocycles. The van der Waals surface area contributed by atoms with Gasteiger partial charge in [0.15, 0.2) is 0 Å². The molecule has 0 spiro atoms. The Kier molecular flexibility index (Phi) is 5.77. The van der Waals surface area contributed by atoms with Gasteiger partial charge in [0.1, 0.15) is 11.6 Å². The molecule has 1 N–H and O–H groups in total. The lowest BCUT2D eigenvalue weighted by Gasteiger charge is -2.28. The second-order valence-electron chi connectivity index (χ2n) is 7.64. The van der Waals surface area contributed by atoms with E-state index in [1.165, 1.54) is 12.1 Å². The van der Waals surface area contributed by atoms with E-state index in [0.717, 1.165) is 30.3 Å². The molecule has 0 amide bonds. The SMILES string of the molecule is O=c1[nH]c(-c2ccc(C(F)(F)F)cc2)nc2c1CCN(Cc1c(F)cccc1C(F)(F)F)C2. The predicted molar refractivity (Wildman–Crippen MR) is 105 cm³/mol. The second-order valence-corrected chi connectivity index (χ2v) is 7.64. The molecule has 0 bridgehead atoms. The lowest BCUT2D eigenvalue weighted by Crippen LogP contribution is -2.35. The standard InChI is InChI=1S/C22H16F7N3O/c23-17-3-1-2-16(22(27,28)29)15(17)10-32-9-8-14-18(11-32)30-19(31-20(14)33)12-4-6-13(7-5-12)21(24,25)26/h1-7H,8-11H2,(H,30,31,33). The van der Waals surface area contributed by atoms with Crippen LogP contribution in [0.1, 0.15) is 27.9 Å². The fourth-order valence-electron chi connectivity index (χ4n) is 3.79. The van der Waals surface area contributed by atoms with E-state index < -0.39 is 40.4 Å². The summed E-state index contributed by atoms with van der Waals surface area (Å²) in [5.74, 6) is -0.948. The van der Waals surface area contributed by atoms with Crippen LogP contribution in [0.2, 0.25) is 0 Å². The zero-order valence-electron chi connectivity index (χ0n) is 16.8. The van der Waals surface area contributed by atoms with Gasteiger partial charge in [0.25, 0.3) is 5.56 Å². The Labute approximate surface area is 182 Å². The van der Waals surface area contributed by atoms with Gasteiger partial charge in [0.05, 0.1) is 16.8 Å². The fourth-order valence-corrected chi connectivity index (χ4v) is 3.79. The minimum absolute atomic E-state index is 0.0154. The van der Waals surface area contributed by atoms with Gasteiger partial charge in [0.2, 0.25) is 0 Å². The van der Waals surface area contributed by atoms with Gasteiger partial charge >= 0.3 is 12.4 Å².